The van der Waals surface area contributed by atoms with Crippen molar-refractivity contribution in [3.8, 4) is 0 Å². The fourth-order valence-electron chi connectivity index (χ4n) is 1.60. The molecule has 1 heterocycles. The largest absolute Gasteiger partial charge is 0.457 e. The van der Waals surface area contributed by atoms with E-state index in [1.807, 2.05) is 0 Å². The number of rotatable bonds is 4. The molecule has 0 aliphatic carbocycles. The molecule has 0 radical (unpaired) electrons. The van der Waals surface area contributed by atoms with Gasteiger partial charge in [0.15, 0.2) is 4.67 Å². The number of primary sulfonamides is 1. The van der Waals surface area contributed by atoms with Gasteiger partial charge in [0.05, 0.1) is 11.3 Å². The number of benzene rings is 1. The lowest BCUT2D eigenvalue weighted by Gasteiger charge is -2.05. The number of amides is 1. The summed E-state index contributed by atoms with van der Waals surface area (Å²) in [6.45, 7) is 0. The van der Waals surface area contributed by atoms with E-state index in [4.69, 9.17) is 9.56 Å². The first-order chi connectivity index (χ1) is 9.33. The molecule has 0 saturated heterocycles. The Morgan fingerprint density at radius 3 is 2.70 bits per heavy atom. The third kappa shape index (κ3) is 4.19. The molecule has 0 unspecified atom stereocenters. The molecule has 20 heavy (non-hydrogen) atoms. The summed E-state index contributed by atoms with van der Waals surface area (Å²) in [6, 6.07) is 8.00. The van der Waals surface area contributed by atoms with Crippen LogP contribution in [0.1, 0.15) is 15.9 Å². The maximum absolute atomic E-state index is 11.9. The highest BCUT2D eigenvalue weighted by Crippen LogP contribution is 2.17. The van der Waals surface area contributed by atoms with Crippen molar-refractivity contribution >= 4 is 37.5 Å². The van der Waals surface area contributed by atoms with Crippen molar-refractivity contribution in [1.82, 2.24) is 0 Å². The van der Waals surface area contributed by atoms with E-state index in [2.05, 4.69) is 21.2 Å². The lowest BCUT2D eigenvalue weighted by atomic mass is 10.2. The number of nitrogens with two attached hydrogens (primary N) is 1. The number of carbonyl (C=O) groups excluding carboxylic acids is 1. The van der Waals surface area contributed by atoms with Crippen LogP contribution in [-0.2, 0) is 15.8 Å². The van der Waals surface area contributed by atoms with Crippen LogP contribution in [0.5, 0.6) is 0 Å². The van der Waals surface area contributed by atoms with E-state index >= 15 is 0 Å². The fourth-order valence-corrected chi connectivity index (χ4v) is 2.59. The summed E-state index contributed by atoms with van der Waals surface area (Å²) in [4.78, 5) is 11.9. The average molecular weight is 359 g/mol. The van der Waals surface area contributed by atoms with Gasteiger partial charge in [-0.15, -0.1) is 0 Å². The molecule has 0 aliphatic rings. The number of hydrogen-bond acceptors (Lipinski definition) is 4. The monoisotopic (exact) mass is 358 g/mol. The minimum Gasteiger partial charge on any atom is -0.457 e. The van der Waals surface area contributed by atoms with Crippen molar-refractivity contribution in [2.45, 2.75) is 5.75 Å². The average Bonchev–Trinajstić information content (AvgIpc) is 2.74. The maximum atomic E-state index is 11.9. The third-order valence-electron chi connectivity index (χ3n) is 2.38. The molecule has 8 heteroatoms. The number of hydrogen-bond donors (Lipinski definition) is 2. The predicted molar refractivity (Wildman–Crippen MR) is 77.6 cm³/mol. The lowest BCUT2D eigenvalue weighted by molar-refractivity contribution is 0.102. The molecule has 1 aromatic carbocycles. The van der Waals surface area contributed by atoms with E-state index in [0.717, 1.165) is 0 Å². The van der Waals surface area contributed by atoms with Crippen molar-refractivity contribution in [2.24, 2.45) is 5.14 Å². The SMILES string of the molecule is NS(=O)(=O)Cc1cccc(NC(=O)c2coc(Br)c2)c1. The van der Waals surface area contributed by atoms with Crippen LogP contribution in [0, 0.1) is 0 Å². The summed E-state index contributed by atoms with van der Waals surface area (Å²) in [6.07, 6.45) is 1.31. The first-order valence-electron chi connectivity index (χ1n) is 5.48. The molecular weight excluding hydrogens is 348 g/mol. The van der Waals surface area contributed by atoms with Crippen LogP contribution >= 0.6 is 15.9 Å². The second-order valence-corrected chi connectivity index (χ2v) is 6.50. The second kappa shape index (κ2) is 5.78. The van der Waals surface area contributed by atoms with Gasteiger partial charge in [-0.3, -0.25) is 4.79 Å². The van der Waals surface area contributed by atoms with Gasteiger partial charge in [0, 0.05) is 11.8 Å². The lowest BCUT2D eigenvalue weighted by Crippen LogP contribution is -2.15. The Balaban J connectivity index is 2.14. The summed E-state index contributed by atoms with van der Waals surface area (Å²) in [5.74, 6) is -0.638. The molecule has 0 atom stereocenters. The quantitative estimate of drug-likeness (QED) is 0.872. The molecule has 1 amide bonds. The number of furan rings is 1. The summed E-state index contributed by atoms with van der Waals surface area (Å²) < 4.78 is 27.5. The zero-order valence-corrected chi connectivity index (χ0v) is 12.6. The Morgan fingerprint density at radius 1 is 1.35 bits per heavy atom. The molecule has 0 fully saturated rings. The van der Waals surface area contributed by atoms with Crippen LogP contribution in [0.15, 0.2) is 45.7 Å². The zero-order chi connectivity index (χ0) is 14.8. The van der Waals surface area contributed by atoms with Crippen LogP contribution in [-0.4, -0.2) is 14.3 Å². The number of nitrogens with one attached hydrogen (secondary N) is 1. The van der Waals surface area contributed by atoms with Crippen molar-refractivity contribution in [3.05, 3.63) is 52.4 Å². The molecule has 0 bridgehead atoms. The van der Waals surface area contributed by atoms with Crippen molar-refractivity contribution in [2.75, 3.05) is 5.32 Å². The standard InChI is InChI=1S/C12H11BrN2O4S/c13-11-5-9(6-19-11)12(16)15-10-3-1-2-8(4-10)7-20(14,17)18/h1-6H,7H2,(H,15,16)(H2,14,17,18). The van der Waals surface area contributed by atoms with E-state index in [1.165, 1.54) is 12.3 Å². The Morgan fingerprint density at radius 2 is 2.10 bits per heavy atom. The van der Waals surface area contributed by atoms with Gasteiger partial charge in [-0.05, 0) is 33.6 Å². The van der Waals surface area contributed by atoms with Crippen molar-refractivity contribution < 1.29 is 17.6 Å². The summed E-state index contributed by atoms with van der Waals surface area (Å²) in [5, 5.41) is 7.62. The molecule has 106 valence electrons. The van der Waals surface area contributed by atoms with E-state index in [9.17, 15) is 13.2 Å². The van der Waals surface area contributed by atoms with Gasteiger partial charge >= 0.3 is 0 Å². The molecule has 1 aromatic heterocycles. The normalized spacial score (nSPS) is 11.3. The van der Waals surface area contributed by atoms with Gasteiger partial charge in [-0.25, -0.2) is 13.6 Å². The topological polar surface area (TPSA) is 102 Å². The van der Waals surface area contributed by atoms with Crippen LogP contribution in [0.25, 0.3) is 0 Å². The highest BCUT2D eigenvalue weighted by Gasteiger charge is 2.10. The minimum absolute atomic E-state index is 0.284. The van der Waals surface area contributed by atoms with Gasteiger partial charge in [0.25, 0.3) is 5.91 Å². The van der Waals surface area contributed by atoms with Gasteiger partial charge in [0.1, 0.15) is 6.26 Å². The Bertz CT molecular complexity index is 739. The minimum atomic E-state index is -3.61. The molecule has 3 N–H and O–H groups in total. The predicted octanol–water partition coefficient (Wildman–Crippen LogP) is 2.08. The number of halogens is 1. The highest BCUT2D eigenvalue weighted by molar-refractivity contribution is 9.10. The smallest absolute Gasteiger partial charge is 0.258 e. The molecular formula is C12H11BrN2O4S. The van der Waals surface area contributed by atoms with Crippen LogP contribution in [0.3, 0.4) is 0 Å². The molecule has 2 rings (SSSR count). The maximum Gasteiger partial charge on any atom is 0.258 e. The van der Waals surface area contributed by atoms with Crippen molar-refractivity contribution in [1.29, 1.82) is 0 Å². The first kappa shape index (κ1) is 14.8. The number of carbonyl (C=O) groups is 1. The van der Waals surface area contributed by atoms with E-state index in [1.54, 1.807) is 24.3 Å². The van der Waals surface area contributed by atoms with Gasteiger partial charge < -0.3 is 9.73 Å². The van der Waals surface area contributed by atoms with E-state index in [0.29, 0.717) is 21.5 Å². The van der Waals surface area contributed by atoms with Crippen molar-refractivity contribution in [3.63, 3.8) is 0 Å². The van der Waals surface area contributed by atoms with Crippen LogP contribution in [0.4, 0.5) is 5.69 Å². The Kier molecular flexibility index (Phi) is 4.26. The first-order valence-corrected chi connectivity index (χ1v) is 7.99. The van der Waals surface area contributed by atoms with E-state index < -0.39 is 10.0 Å². The molecule has 2 aromatic rings. The molecule has 0 saturated carbocycles. The molecule has 6 nitrogen and oxygen atoms in total. The van der Waals surface area contributed by atoms with Crippen LogP contribution in [0.2, 0.25) is 0 Å². The molecule has 0 spiro atoms. The fraction of sp³-hybridized carbons (Fsp3) is 0.0833. The Hall–Kier alpha value is -1.64. The summed E-state index contributed by atoms with van der Waals surface area (Å²) in [5.41, 5.74) is 1.33. The van der Waals surface area contributed by atoms with Gasteiger partial charge in [0.2, 0.25) is 10.0 Å². The van der Waals surface area contributed by atoms with Gasteiger partial charge in [-0.1, -0.05) is 12.1 Å². The van der Waals surface area contributed by atoms with E-state index in [-0.39, 0.29) is 11.7 Å². The second-order valence-electron chi connectivity index (χ2n) is 4.10. The third-order valence-corrected chi connectivity index (χ3v) is 3.53. The van der Waals surface area contributed by atoms with Crippen LogP contribution < -0.4 is 10.5 Å². The summed E-state index contributed by atoms with van der Waals surface area (Å²) >= 11 is 3.10. The summed E-state index contributed by atoms with van der Waals surface area (Å²) in [7, 11) is -3.61. The highest BCUT2D eigenvalue weighted by atomic mass is 79.9. The zero-order valence-electron chi connectivity index (χ0n) is 10.2. The van der Waals surface area contributed by atoms with Gasteiger partial charge in [-0.2, -0.15) is 0 Å². The Labute approximate surface area is 124 Å². The number of sulfonamides is 1. The molecule has 0 aliphatic heterocycles. The number of anilines is 1.